The molecule has 0 aliphatic carbocycles. The predicted molar refractivity (Wildman–Crippen MR) is 134 cm³/mol. The molecule has 0 amide bonds. The largest absolute Gasteiger partial charge is 0.394 e. The van der Waals surface area contributed by atoms with Gasteiger partial charge in [-0.05, 0) is 25.9 Å². The Hall–Kier alpha value is 0.350. The van der Waals surface area contributed by atoms with Gasteiger partial charge in [0.2, 0.25) is 0 Å². The highest BCUT2D eigenvalue weighted by Crippen LogP contribution is 2.20. The highest BCUT2D eigenvalue weighted by atomic mass is 35.5. The number of piperidine rings is 1. The zero-order valence-electron chi connectivity index (χ0n) is 19.4. The third kappa shape index (κ3) is 12.6. The van der Waals surface area contributed by atoms with E-state index in [9.17, 15) is 40.9 Å². The average Bonchev–Trinajstić information content (AvgIpc) is 2.80. The summed E-state index contributed by atoms with van der Waals surface area (Å²) in [5.74, 6) is 0. The van der Waals surface area contributed by atoms with Gasteiger partial charge in [0.25, 0.3) is 0 Å². The number of rotatable bonds is 15. The minimum absolute atomic E-state index is 0. The molecule has 1 saturated heterocycles. The fraction of sp³-hybridized carbons (Fsp3) is 1.00. The summed E-state index contributed by atoms with van der Waals surface area (Å²) in [4.78, 5) is 3.74. The van der Waals surface area contributed by atoms with E-state index in [1.54, 1.807) is 4.90 Å². The standard InChI is InChI=1S/C19H41N3O10.3ClH/c20-3-6-21-4-1-11(2-5-21)22(7-12(25)16(29)18(31)14(27)9-23)8-13(26)17(30)19(32)15(28)10-24;;;/h11-19,23-32H,1-10,20H2;3*1H/t12-,13-,14+,15+,16+,17+,18+,19+;;;/m0.../s1. The molecule has 35 heavy (non-hydrogen) atoms. The maximum Gasteiger partial charge on any atom is 0.111 e. The zero-order valence-corrected chi connectivity index (χ0v) is 21.9. The molecule has 12 N–H and O–H groups in total. The van der Waals surface area contributed by atoms with Crippen LogP contribution in [0.25, 0.3) is 0 Å². The van der Waals surface area contributed by atoms with E-state index in [-0.39, 0.29) is 56.4 Å². The Bertz CT molecular complexity index is 485. The Balaban J connectivity index is -0.00000341. The predicted octanol–water partition coefficient (Wildman–Crippen LogP) is -5.15. The quantitative estimate of drug-likeness (QED) is 0.0870. The smallest absolute Gasteiger partial charge is 0.111 e. The van der Waals surface area contributed by atoms with Crippen molar-refractivity contribution in [2.45, 2.75) is 67.7 Å². The van der Waals surface area contributed by atoms with Gasteiger partial charge in [0.1, 0.15) is 36.6 Å². The second kappa shape index (κ2) is 20.3. The molecule has 0 aromatic carbocycles. The molecule has 0 radical (unpaired) electrons. The highest BCUT2D eigenvalue weighted by Gasteiger charge is 2.36. The van der Waals surface area contributed by atoms with Crippen molar-refractivity contribution in [1.29, 1.82) is 0 Å². The number of hydrogen-bond donors (Lipinski definition) is 11. The number of aliphatic hydroxyl groups excluding tert-OH is 10. The van der Waals surface area contributed by atoms with Crippen LogP contribution in [0.5, 0.6) is 0 Å². The number of aliphatic hydroxyl groups is 10. The number of likely N-dealkylation sites (tertiary alicyclic amines) is 1. The van der Waals surface area contributed by atoms with Crippen LogP contribution in [-0.4, -0.2) is 168 Å². The van der Waals surface area contributed by atoms with Crippen molar-refractivity contribution < 1.29 is 51.1 Å². The van der Waals surface area contributed by atoms with Gasteiger partial charge in [0, 0.05) is 32.2 Å². The van der Waals surface area contributed by atoms with Crippen molar-refractivity contribution in [3.63, 3.8) is 0 Å². The van der Waals surface area contributed by atoms with Crippen LogP contribution in [0.1, 0.15) is 12.8 Å². The van der Waals surface area contributed by atoms with Gasteiger partial charge in [0.05, 0.1) is 25.4 Å². The van der Waals surface area contributed by atoms with Gasteiger partial charge >= 0.3 is 0 Å². The van der Waals surface area contributed by atoms with Crippen LogP contribution < -0.4 is 5.73 Å². The van der Waals surface area contributed by atoms with Crippen LogP contribution in [0.2, 0.25) is 0 Å². The molecule has 1 rings (SSSR count). The van der Waals surface area contributed by atoms with Crippen molar-refractivity contribution in [3.8, 4) is 0 Å². The SMILES string of the molecule is Cl.Cl.Cl.NCCN1CCC(N(C[C@H](O)[C@@H](O)[C@H](O)[C@H](O)CO)C[C@H](O)[C@@H](O)[C@H](O)[C@H](O)CO)CC1. The fourth-order valence-electron chi connectivity index (χ4n) is 3.89. The molecule has 0 bridgehead atoms. The van der Waals surface area contributed by atoms with Crippen molar-refractivity contribution in [1.82, 2.24) is 9.80 Å². The van der Waals surface area contributed by atoms with Crippen LogP contribution in [0.3, 0.4) is 0 Å². The summed E-state index contributed by atoms with van der Waals surface area (Å²) in [5.41, 5.74) is 5.58. The molecule has 8 atom stereocenters. The Morgan fingerprint density at radius 2 is 1.00 bits per heavy atom. The van der Waals surface area contributed by atoms with E-state index in [2.05, 4.69) is 4.90 Å². The van der Waals surface area contributed by atoms with E-state index in [0.29, 0.717) is 39.0 Å². The second-order valence-electron chi connectivity index (χ2n) is 8.41. The molecule has 1 aliphatic heterocycles. The average molecular weight is 581 g/mol. The Kier molecular flexibility index (Phi) is 23.2. The van der Waals surface area contributed by atoms with Gasteiger partial charge in [-0.1, -0.05) is 0 Å². The van der Waals surface area contributed by atoms with E-state index in [1.807, 2.05) is 0 Å². The second-order valence-corrected chi connectivity index (χ2v) is 8.41. The van der Waals surface area contributed by atoms with Crippen molar-refractivity contribution >= 4 is 37.2 Å². The Morgan fingerprint density at radius 3 is 1.31 bits per heavy atom. The Morgan fingerprint density at radius 1 is 0.657 bits per heavy atom. The summed E-state index contributed by atoms with van der Waals surface area (Å²) in [7, 11) is 0. The lowest BCUT2D eigenvalue weighted by Gasteiger charge is -2.41. The lowest BCUT2D eigenvalue weighted by atomic mass is 9.97. The van der Waals surface area contributed by atoms with Gasteiger partial charge in [-0.2, -0.15) is 0 Å². The summed E-state index contributed by atoms with van der Waals surface area (Å²) in [6.07, 6.45) is -12.4. The third-order valence-corrected chi connectivity index (χ3v) is 6.01. The zero-order chi connectivity index (χ0) is 24.4. The summed E-state index contributed by atoms with van der Waals surface area (Å²) in [5, 5.41) is 97.8. The van der Waals surface area contributed by atoms with Gasteiger partial charge in [-0.25, -0.2) is 0 Å². The van der Waals surface area contributed by atoms with Crippen LogP contribution in [0.15, 0.2) is 0 Å². The molecular weight excluding hydrogens is 537 g/mol. The lowest BCUT2D eigenvalue weighted by molar-refractivity contribution is -0.134. The topological polar surface area (TPSA) is 235 Å². The summed E-state index contributed by atoms with van der Waals surface area (Å²) in [6.45, 7) is 0.460. The van der Waals surface area contributed by atoms with Crippen LogP contribution in [-0.2, 0) is 0 Å². The Labute approximate surface area is 224 Å². The van der Waals surface area contributed by atoms with Gasteiger partial charge in [-0.15, -0.1) is 37.2 Å². The maximum absolute atomic E-state index is 10.4. The molecule has 16 heteroatoms. The first kappa shape index (κ1) is 39.9. The molecule has 13 nitrogen and oxygen atoms in total. The van der Waals surface area contributed by atoms with Gasteiger partial charge in [0.15, 0.2) is 0 Å². The molecule has 0 aromatic heterocycles. The number of hydrogen-bond acceptors (Lipinski definition) is 13. The van der Waals surface area contributed by atoms with E-state index < -0.39 is 62.0 Å². The van der Waals surface area contributed by atoms with Crippen molar-refractivity contribution in [2.24, 2.45) is 5.73 Å². The number of nitrogens with two attached hydrogens (primary N) is 1. The molecular formula is C19H44Cl3N3O10. The first-order valence-electron chi connectivity index (χ1n) is 10.9. The summed E-state index contributed by atoms with van der Waals surface area (Å²) in [6, 6.07) is -0.187. The fourth-order valence-corrected chi connectivity index (χ4v) is 3.89. The first-order chi connectivity index (χ1) is 15.1. The van der Waals surface area contributed by atoms with Crippen LogP contribution >= 0.6 is 37.2 Å². The van der Waals surface area contributed by atoms with Crippen LogP contribution in [0.4, 0.5) is 0 Å². The van der Waals surface area contributed by atoms with Gasteiger partial charge in [-0.3, -0.25) is 4.90 Å². The van der Waals surface area contributed by atoms with Crippen LogP contribution in [0, 0.1) is 0 Å². The van der Waals surface area contributed by atoms with Crippen molar-refractivity contribution in [3.05, 3.63) is 0 Å². The molecule has 1 aliphatic rings. The monoisotopic (exact) mass is 579 g/mol. The van der Waals surface area contributed by atoms with E-state index in [4.69, 9.17) is 15.9 Å². The maximum atomic E-state index is 10.4. The summed E-state index contributed by atoms with van der Waals surface area (Å²) < 4.78 is 0. The number of nitrogens with zero attached hydrogens (tertiary/aromatic N) is 2. The molecule has 216 valence electrons. The highest BCUT2D eigenvalue weighted by molar-refractivity contribution is 5.86. The normalized spacial score (nSPS) is 21.9. The first-order valence-corrected chi connectivity index (χ1v) is 10.9. The molecule has 0 unspecified atom stereocenters. The van der Waals surface area contributed by atoms with E-state index in [0.717, 1.165) is 0 Å². The molecule has 1 fully saturated rings. The lowest BCUT2D eigenvalue weighted by Crippen LogP contribution is -2.56. The molecule has 0 saturated carbocycles. The van der Waals surface area contributed by atoms with Crippen molar-refractivity contribution in [2.75, 3.05) is 52.5 Å². The minimum Gasteiger partial charge on any atom is -0.394 e. The molecule has 0 spiro atoms. The molecule has 0 aromatic rings. The summed E-state index contributed by atoms with van der Waals surface area (Å²) >= 11 is 0. The third-order valence-electron chi connectivity index (χ3n) is 6.01. The van der Waals surface area contributed by atoms with Gasteiger partial charge < -0.3 is 61.7 Å². The minimum atomic E-state index is -1.81. The number of halogens is 3. The van der Waals surface area contributed by atoms with E-state index >= 15 is 0 Å². The van der Waals surface area contributed by atoms with E-state index in [1.165, 1.54) is 0 Å². The molecule has 1 heterocycles.